The average Bonchev–Trinajstić information content (AvgIpc) is 2.79. The van der Waals surface area contributed by atoms with Crippen molar-refractivity contribution in [3.05, 3.63) is 54.1 Å². The number of nitrogens with one attached hydrogen (secondary N) is 1. The highest BCUT2D eigenvalue weighted by Gasteiger charge is 2.33. The predicted octanol–water partition coefficient (Wildman–Crippen LogP) is 3.45. The number of ether oxygens (including phenoxy) is 1. The Morgan fingerprint density at radius 3 is 2.47 bits per heavy atom. The standard InChI is InChI=1S/C22H26N2O4S2/c1-28-17-6-8-18(9-7-17)30(26,27)24-13-10-16(11-14-24)22(25)23-20-12-15-29-21-5-3-2-4-19(20)21/h2-9,16,20H,10-15H2,1H3,(H,23,25). The molecule has 1 N–H and O–H groups in total. The number of benzene rings is 2. The van der Waals surface area contributed by atoms with Gasteiger partial charge >= 0.3 is 0 Å². The van der Waals surface area contributed by atoms with Crippen LogP contribution in [0.1, 0.15) is 30.9 Å². The number of carbonyl (C=O) groups excluding carboxylic acids is 1. The van der Waals surface area contributed by atoms with E-state index in [4.69, 9.17) is 4.74 Å². The summed E-state index contributed by atoms with van der Waals surface area (Å²) in [5, 5.41) is 3.21. The molecule has 1 saturated heterocycles. The van der Waals surface area contributed by atoms with E-state index >= 15 is 0 Å². The maximum Gasteiger partial charge on any atom is 0.243 e. The number of fused-ring (bicyclic) bond motifs is 1. The van der Waals surface area contributed by atoms with Gasteiger partial charge in [-0.2, -0.15) is 4.31 Å². The average molecular weight is 447 g/mol. The van der Waals surface area contributed by atoms with Gasteiger partial charge in [-0.05, 0) is 55.2 Å². The number of carbonyl (C=O) groups is 1. The zero-order valence-corrected chi connectivity index (χ0v) is 18.5. The SMILES string of the molecule is COc1ccc(S(=O)(=O)N2CCC(C(=O)NC3CCSc4ccccc43)CC2)cc1. The third-order valence-electron chi connectivity index (χ3n) is 5.80. The van der Waals surface area contributed by atoms with Crippen LogP contribution in [0.4, 0.5) is 0 Å². The van der Waals surface area contributed by atoms with Crippen molar-refractivity contribution in [1.29, 1.82) is 0 Å². The first-order valence-electron chi connectivity index (χ1n) is 10.2. The van der Waals surface area contributed by atoms with Crippen LogP contribution < -0.4 is 10.1 Å². The van der Waals surface area contributed by atoms with E-state index in [0.29, 0.717) is 31.7 Å². The van der Waals surface area contributed by atoms with Gasteiger partial charge in [-0.1, -0.05) is 18.2 Å². The summed E-state index contributed by atoms with van der Waals surface area (Å²) in [4.78, 5) is 14.4. The molecular formula is C22H26N2O4S2. The minimum atomic E-state index is -3.56. The van der Waals surface area contributed by atoms with Gasteiger partial charge in [-0.25, -0.2) is 8.42 Å². The van der Waals surface area contributed by atoms with Crippen LogP contribution in [0, 0.1) is 5.92 Å². The van der Waals surface area contributed by atoms with Crippen LogP contribution in [0.2, 0.25) is 0 Å². The van der Waals surface area contributed by atoms with E-state index in [1.807, 2.05) is 23.9 Å². The molecule has 2 aliphatic heterocycles. The number of methoxy groups -OCH3 is 1. The quantitative estimate of drug-likeness (QED) is 0.761. The molecule has 160 valence electrons. The lowest BCUT2D eigenvalue weighted by atomic mass is 9.95. The highest BCUT2D eigenvalue weighted by atomic mass is 32.2. The van der Waals surface area contributed by atoms with Crippen molar-refractivity contribution in [3.8, 4) is 5.75 Å². The second kappa shape index (κ2) is 8.99. The molecule has 0 saturated carbocycles. The van der Waals surface area contributed by atoms with Gasteiger partial charge in [0.15, 0.2) is 0 Å². The van der Waals surface area contributed by atoms with Crippen molar-refractivity contribution >= 4 is 27.7 Å². The van der Waals surface area contributed by atoms with E-state index < -0.39 is 10.0 Å². The molecule has 2 aromatic carbocycles. The molecule has 0 radical (unpaired) electrons. The molecule has 8 heteroatoms. The fraction of sp³-hybridized carbons (Fsp3) is 0.409. The Morgan fingerprint density at radius 2 is 1.77 bits per heavy atom. The van der Waals surface area contributed by atoms with Crippen molar-refractivity contribution < 1.29 is 17.9 Å². The molecule has 2 heterocycles. The molecule has 0 spiro atoms. The second-order valence-corrected chi connectivity index (χ2v) is 10.7. The number of rotatable bonds is 5. The summed E-state index contributed by atoms with van der Waals surface area (Å²) in [6.45, 7) is 0.701. The van der Waals surface area contributed by atoms with Crippen LogP contribution in [-0.4, -0.2) is 44.6 Å². The lowest BCUT2D eigenvalue weighted by Crippen LogP contribution is -2.44. The first kappa shape index (κ1) is 21.2. The predicted molar refractivity (Wildman–Crippen MR) is 117 cm³/mol. The zero-order valence-electron chi connectivity index (χ0n) is 16.9. The van der Waals surface area contributed by atoms with Crippen LogP contribution in [0.15, 0.2) is 58.3 Å². The zero-order chi connectivity index (χ0) is 21.1. The number of piperidine rings is 1. The largest absolute Gasteiger partial charge is 0.497 e. The first-order valence-corrected chi connectivity index (χ1v) is 12.6. The molecule has 0 bridgehead atoms. The Morgan fingerprint density at radius 1 is 1.07 bits per heavy atom. The smallest absolute Gasteiger partial charge is 0.243 e. The minimum Gasteiger partial charge on any atom is -0.497 e. The maximum absolute atomic E-state index is 12.9. The molecule has 1 atom stereocenters. The number of hydrogen-bond donors (Lipinski definition) is 1. The first-order chi connectivity index (χ1) is 14.5. The van der Waals surface area contributed by atoms with E-state index in [9.17, 15) is 13.2 Å². The van der Waals surface area contributed by atoms with E-state index in [1.54, 1.807) is 31.4 Å². The summed E-state index contributed by atoms with van der Waals surface area (Å²) in [7, 11) is -2.01. The van der Waals surface area contributed by atoms with E-state index in [2.05, 4.69) is 17.4 Å². The van der Waals surface area contributed by atoms with Crippen LogP contribution in [0.5, 0.6) is 5.75 Å². The maximum atomic E-state index is 12.9. The van der Waals surface area contributed by atoms with Gasteiger partial charge in [0, 0.05) is 29.7 Å². The summed E-state index contributed by atoms with van der Waals surface area (Å²) < 4.78 is 32.4. The van der Waals surface area contributed by atoms with Gasteiger partial charge in [0.2, 0.25) is 15.9 Å². The van der Waals surface area contributed by atoms with E-state index in [-0.39, 0.29) is 22.8 Å². The van der Waals surface area contributed by atoms with Gasteiger partial charge in [-0.15, -0.1) is 11.8 Å². The third kappa shape index (κ3) is 4.36. The highest BCUT2D eigenvalue weighted by Crippen LogP contribution is 2.36. The molecule has 0 aliphatic carbocycles. The van der Waals surface area contributed by atoms with Crippen LogP contribution in [0.25, 0.3) is 0 Å². The summed E-state index contributed by atoms with van der Waals surface area (Å²) in [5.74, 6) is 1.48. The van der Waals surface area contributed by atoms with Gasteiger partial charge in [0.25, 0.3) is 0 Å². The van der Waals surface area contributed by atoms with Crippen LogP contribution in [-0.2, 0) is 14.8 Å². The van der Waals surface area contributed by atoms with Gasteiger partial charge in [0.1, 0.15) is 5.75 Å². The number of hydrogen-bond acceptors (Lipinski definition) is 5. The van der Waals surface area contributed by atoms with Gasteiger partial charge in [-0.3, -0.25) is 4.79 Å². The minimum absolute atomic E-state index is 0.0307. The lowest BCUT2D eigenvalue weighted by molar-refractivity contribution is -0.126. The normalized spacial score (nSPS) is 20.4. The van der Waals surface area contributed by atoms with Gasteiger partial charge in [0.05, 0.1) is 18.0 Å². The monoisotopic (exact) mass is 446 g/mol. The molecule has 2 aliphatic rings. The fourth-order valence-electron chi connectivity index (χ4n) is 4.04. The lowest BCUT2D eigenvalue weighted by Gasteiger charge is -2.32. The molecule has 2 aromatic rings. The molecular weight excluding hydrogens is 420 g/mol. The third-order valence-corrected chi connectivity index (χ3v) is 8.83. The van der Waals surface area contributed by atoms with Crippen LogP contribution in [0.3, 0.4) is 0 Å². The van der Waals surface area contributed by atoms with Crippen molar-refractivity contribution in [2.24, 2.45) is 5.92 Å². The van der Waals surface area contributed by atoms with Crippen molar-refractivity contribution in [3.63, 3.8) is 0 Å². The summed E-state index contributed by atoms with van der Waals surface area (Å²) in [6, 6.07) is 14.7. The molecule has 1 unspecified atom stereocenters. The highest BCUT2D eigenvalue weighted by molar-refractivity contribution is 7.99. The molecule has 1 fully saturated rings. The Kier molecular flexibility index (Phi) is 6.36. The second-order valence-electron chi connectivity index (χ2n) is 7.59. The summed E-state index contributed by atoms with van der Waals surface area (Å²) >= 11 is 1.83. The van der Waals surface area contributed by atoms with E-state index in [1.165, 1.54) is 14.8 Å². The van der Waals surface area contributed by atoms with Gasteiger partial charge < -0.3 is 10.1 Å². The Hall–Kier alpha value is -2.03. The molecule has 6 nitrogen and oxygen atoms in total. The van der Waals surface area contributed by atoms with Crippen LogP contribution >= 0.6 is 11.8 Å². The molecule has 30 heavy (non-hydrogen) atoms. The molecule has 0 aromatic heterocycles. The van der Waals surface area contributed by atoms with E-state index in [0.717, 1.165) is 12.2 Å². The summed E-state index contributed by atoms with van der Waals surface area (Å²) in [5.41, 5.74) is 1.18. The molecule has 1 amide bonds. The Bertz CT molecular complexity index is 1000. The van der Waals surface area contributed by atoms with Crippen molar-refractivity contribution in [2.45, 2.75) is 35.1 Å². The summed E-state index contributed by atoms with van der Waals surface area (Å²) in [6.07, 6.45) is 1.98. The fourth-order valence-corrected chi connectivity index (χ4v) is 6.63. The van der Waals surface area contributed by atoms with Crippen molar-refractivity contribution in [1.82, 2.24) is 9.62 Å². The number of nitrogens with zero attached hydrogens (tertiary/aromatic N) is 1. The Labute approximate surface area is 182 Å². The van der Waals surface area contributed by atoms with Crippen molar-refractivity contribution in [2.75, 3.05) is 26.0 Å². The number of sulfonamides is 1. The number of thioether (sulfide) groups is 1. The Balaban J connectivity index is 1.37. The molecule has 4 rings (SSSR count). The topological polar surface area (TPSA) is 75.7 Å². The number of amides is 1.